The Balaban J connectivity index is 1.99. The number of rotatable bonds is 9. The molecule has 1 saturated heterocycles. The highest BCUT2D eigenvalue weighted by molar-refractivity contribution is 5.09. The van der Waals surface area contributed by atoms with Crippen molar-refractivity contribution in [2.24, 2.45) is 17.8 Å². The summed E-state index contributed by atoms with van der Waals surface area (Å²) in [6.07, 6.45) is 9.05. The molecule has 0 aromatic carbocycles. The molecule has 3 unspecified atom stereocenters. The largest absolute Gasteiger partial charge is 0.379 e. The van der Waals surface area contributed by atoms with E-state index < -0.39 is 0 Å². The summed E-state index contributed by atoms with van der Waals surface area (Å²) in [7, 11) is 0. The maximum absolute atomic E-state index is 6.54. The second-order valence-electron chi connectivity index (χ2n) is 8.06. The molecule has 0 spiro atoms. The molecule has 2 aliphatic rings. The van der Waals surface area contributed by atoms with Gasteiger partial charge in [-0.2, -0.15) is 0 Å². The molecule has 24 heavy (non-hydrogen) atoms. The van der Waals surface area contributed by atoms with Gasteiger partial charge in [-0.1, -0.05) is 52.2 Å². The second-order valence-corrected chi connectivity index (χ2v) is 8.06. The Morgan fingerprint density at radius 3 is 2.62 bits per heavy atom. The van der Waals surface area contributed by atoms with Crippen LogP contribution in [0, 0.1) is 17.8 Å². The van der Waals surface area contributed by atoms with E-state index in [-0.39, 0.29) is 12.3 Å². The number of hydrogen-bond acceptors (Lipinski definition) is 3. The van der Waals surface area contributed by atoms with Gasteiger partial charge in [0.05, 0.1) is 12.7 Å². The minimum Gasteiger partial charge on any atom is -0.379 e. The van der Waals surface area contributed by atoms with Crippen LogP contribution in [0.5, 0.6) is 0 Å². The third-order valence-corrected chi connectivity index (χ3v) is 5.66. The minimum absolute atomic E-state index is 0.245. The summed E-state index contributed by atoms with van der Waals surface area (Å²) in [4.78, 5) is 2.60. The first kappa shape index (κ1) is 19.9. The zero-order valence-corrected chi connectivity index (χ0v) is 16.6. The zero-order valence-electron chi connectivity index (χ0n) is 16.6. The predicted molar refractivity (Wildman–Crippen MR) is 101 cm³/mol. The standard InChI is InChI=1S/C21H39NO2/c1-6-8-10-22-14-19(15-23-11-9-7-2)24-21(22)20-17(4)12-16(3)13-18(20)5/h12,17-21H,6-11,13-15H2,1-5H3/t17-,18+,19?,20?,21?/m0/s1. The van der Waals surface area contributed by atoms with Crippen LogP contribution in [-0.4, -0.2) is 43.5 Å². The summed E-state index contributed by atoms with van der Waals surface area (Å²) in [5.74, 6) is 1.90. The van der Waals surface area contributed by atoms with Gasteiger partial charge in [-0.25, -0.2) is 0 Å². The van der Waals surface area contributed by atoms with Gasteiger partial charge in [0.1, 0.15) is 6.23 Å². The van der Waals surface area contributed by atoms with Gasteiger partial charge in [0.2, 0.25) is 0 Å². The summed E-state index contributed by atoms with van der Waals surface area (Å²) < 4.78 is 12.4. The van der Waals surface area contributed by atoms with Crippen molar-refractivity contribution in [3.05, 3.63) is 11.6 Å². The molecule has 0 bridgehead atoms. The summed E-state index contributed by atoms with van der Waals surface area (Å²) in [5, 5.41) is 0. The molecule has 3 nitrogen and oxygen atoms in total. The Bertz CT molecular complexity index is 395. The lowest BCUT2D eigenvalue weighted by Crippen LogP contribution is -2.43. The van der Waals surface area contributed by atoms with E-state index in [2.05, 4.69) is 45.6 Å². The van der Waals surface area contributed by atoms with E-state index in [4.69, 9.17) is 9.47 Å². The van der Waals surface area contributed by atoms with Crippen molar-refractivity contribution in [3.63, 3.8) is 0 Å². The molecule has 0 radical (unpaired) electrons. The van der Waals surface area contributed by atoms with Crippen molar-refractivity contribution in [3.8, 4) is 0 Å². The molecule has 5 atom stereocenters. The predicted octanol–water partition coefficient (Wildman–Crippen LogP) is 4.87. The topological polar surface area (TPSA) is 21.7 Å². The van der Waals surface area contributed by atoms with Crippen LogP contribution >= 0.6 is 0 Å². The summed E-state index contributed by atoms with van der Waals surface area (Å²) in [6.45, 7) is 15.4. The first-order valence-electron chi connectivity index (χ1n) is 10.2. The van der Waals surface area contributed by atoms with Crippen LogP contribution in [0.25, 0.3) is 0 Å². The van der Waals surface area contributed by atoms with Crippen LogP contribution in [0.4, 0.5) is 0 Å². The highest BCUT2D eigenvalue weighted by Crippen LogP contribution is 2.40. The fourth-order valence-electron chi connectivity index (χ4n) is 4.49. The lowest BCUT2D eigenvalue weighted by atomic mass is 9.74. The van der Waals surface area contributed by atoms with Crippen molar-refractivity contribution in [2.75, 3.05) is 26.3 Å². The van der Waals surface area contributed by atoms with E-state index in [1.54, 1.807) is 5.57 Å². The molecule has 2 rings (SSSR count). The smallest absolute Gasteiger partial charge is 0.114 e. The van der Waals surface area contributed by atoms with Gasteiger partial charge >= 0.3 is 0 Å². The molecular formula is C21H39NO2. The fourth-order valence-corrected chi connectivity index (χ4v) is 4.49. The Kier molecular flexibility index (Phi) is 8.25. The number of nitrogens with zero attached hydrogens (tertiary/aromatic N) is 1. The molecule has 140 valence electrons. The van der Waals surface area contributed by atoms with Crippen LogP contribution in [0.2, 0.25) is 0 Å². The number of hydrogen-bond donors (Lipinski definition) is 0. The van der Waals surface area contributed by atoms with Gasteiger partial charge in [-0.3, -0.25) is 4.90 Å². The molecular weight excluding hydrogens is 298 g/mol. The number of unbranched alkanes of at least 4 members (excludes halogenated alkanes) is 2. The molecule has 1 fully saturated rings. The third kappa shape index (κ3) is 5.31. The quantitative estimate of drug-likeness (QED) is 0.442. The van der Waals surface area contributed by atoms with Gasteiger partial charge in [0, 0.05) is 25.6 Å². The minimum atomic E-state index is 0.245. The SMILES string of the molecule is CCCCOCC1CN(CCCC)C(C2[C@H](C)CC(C)=C[C@@H]2C)O1. The highest BCUT2D eigenvalue weighted by Gasteiger charge is 2.42. The van der Waals surface area contributed by atoms with E-state index in [1.807, 2.05) is 0 Å². The van der Waals surface area contributed by atoms with Crippen molar-refractivity contribution in [1.82, 2.24) is 4.90 Å². The molecule has 3 heteroatoms. The van der Waals surface area contributed by atoms with Gasteiger partial charge in [-0.05, 0) is 38.0 Å². The average Bonchev–Trinajstić information content (AvgIpc) is 2.91. The fraction of sp³-hybridized carbons (Fsp3) is 0.905. The van der Waals surface area contributed by atoms with Crippen LogP contribution in [0.15, 0.2) is 11.6 Å². The van der Waals surface area contributed by atoms with E-state index in [9.17, 15) is 0 Å². The number of ether oxygens (including phenoxy) is 2. The molecule has 0 aromatic heterocycles. The zero-order chi connectivity index (χ0) is 17.5. The molecule has 0 N–H and O–H groups in total. The van der Waals surface area contributed by atoms with Crippen LogP contribution < -0.4 is 0 Å². The van der Waals surface area contributed by atoms with E-state index in [0.29, 0.717) is 17.8 Å². The Labute approximate surface area is 149 Å². The van der Waals surface area contributed by atoms with Crippen molar-refractivity contribution < 1.29 is 9.47 Å². The van der Waals surface area contributed by atoms with Crippen molar-refractivity contribution in [1.29, 1.82) is 0 Å². The van der Waals surface area contributed by atoms with Gasteiger partial charge in [0.25, 0.3) is 0 Å². The molecule has 1 aliphatic heterocycles. The molecule has 1 aliphatic carbocycles. The number of allylic oxidation sites excluding steroid dienone is 2. The van der Waals surface area contributed by atoms with E-state index >= 15 is 0 Å². The molecule has 0 aromatic rings. The van der Waals surface area contributed by atoms with Gasteiger partial charge < -0.3 is 9.47 Å². The maximum atomic E-state index is 6.54. The molecule has 0 saturated carbocycles. The van der Waals surface area contributed by atoms with Gasteiger partial charge in [-0.15, -0.1) is 0 Å². The van der Waals surface area contributed by atoms with Crippen molar-refractivity contribution in [2.45, 2.75) is 79.1 Å². The van der Waals surface area contributed by atoms with Crippen LogP contribution in [0.3, 0.4) is 0 Å². The third-order valence-electron chi connectivity index (χ3n) is 5.66. The molecule has 1 heterocycles. The first-order chi connectivity index (χ1) is 11.6. The summed E-state index contributed by atoms with van der Waals surface area (Å²) >= 11 is 0. The Morgan fingerprint density at radius 1 is 1.21 bits per heavy atom. The van der Waals surface area contributed by atoms with Crippen LogP contribution in [0.1, 0.15) is 66.7 Å². The van der Waals surface area contributed by atoms with E-state index in [1.165, 1.54) is 25.7 Å². The monoisotopic (exact) mass is 337 g/mol. The van der Waals surface area contributed by atoms with Gasteiger partial charge in [0.15, 0.2) is 0 Å². The lowest BCUT2D eigenvalue weighted by Gasteiger charge is -2.40. The summed E-state index contributed by atoms with van der Waals surface area (Å²) in [6, 6.07) is 0. The highest BCUT2D eigenvalue weighted by atomic mass is 16.6. The maximum Gasteiger partial charge on any atom is 0.114 e. The Morgan fingerprint density at radius 2 is 1.96 bits per heavy atom. The average molecular weight is 338 g/mol. The van der Waals surface area contributed by atoms with E-state index in [0.717, 1.165) is 32.7 Å². The normalized spacial score (nSPS) is 34.5. The Hall–Kier alpha value is -0.380. The van der Waals surface area contributed by atoms with Crippen molar-refractivity contribution >= 4 is 0 Å². The summed E-state index contributed by atoms with van der Waals surface area (Å²) in [5.41, 5.74) is 1.55. The van der Waals surface area contributed by atoms with Crippen LogP contribution in [-0.2, 0) is 9.47 Å². The lowest BCUT2D eigenvalue weighted by molar-refractivity contribution is -0.0842. The second kappa shape index (κ2) is 9.94. The molecule has 0 amide bonds. The first-order valence-corrected chi connectivity index (χ1v) is 10.2.